The van der Waals surface area contributed by atoms with E-state index in [9.17, 15) is 14.6 Å². The highest BCUT2D eigenvalue weighted by Gasteiger charge is 2.29. The molecule has 2 aromatic rings. The Morgan fingerprint density at radius 1 is 1.18 bits per heavy atom. The van der Waals surface area contributed by atoms with E-state index in [0.29, 0.717) is 43.1 Å². The summed E-state index contributed by atoms with van der Waals surface area (Å²) in [5, 5.41) is 23.3. The number of anilines is 1. The van der Waals surface area contributed by atoms with Crippen LogP contribution in [0.2, 0.25) is 5.02 Å². The minimum atomic E-state index is -0.637. The van der Waals surface area contributed by atoms with Crippen LogP contribution in [0.5, 0.6) is 5.75 Å². The van der Waals surface area contributed by atoms with Gasteiger partial charge >= 0.3 is 0 Å². The standard InChI is InChI=1S/C24H32ClFN4O3/c1-17(2)33-22-9-8-20(10-21(22)26)28-23-27-15-29(12-24(3,13-31)14-32)16-30(23)11-18-4-6-19(25)7-5-18/h4-10,17,31-32H,11-16H2,1-3H3,(H,27,28). The molecule has 0 fully saturated rings. The van der Waals surface area contributed by atoms with E-state index in [2.05, 4.69) is 10.3 Å². The average Bonchev–Trinajstić information content (AvgIpc) is 2.78. The number of hydrogen-bond acceptors (Lipinski definition) is 7. The zero-order valence-corrected chi connectivity index (χ0v) is 20.0. The third-order valence-electron chi connectivity index (χ3n) is 5.30. The number of hydrogen-bond donors (Lipinski definition) is 3. The Kier molecular flexibility index (Phi) is 8.53. The predicted octanol–water partition coefficient (Wildman–Crippen LogP) is 3.76. The Labute approximate surface area is 199 Å². The quantitative estimate of drug-likeness (QED) is 0.509. The van der Waals surface area contributed by atoms with Crippen LogP contribution in [0.3, 0.4) is 0 Å². The van der Waals surface area contributed by atoms with Gasteiger partial charge in [-0.25, -0.2) is 9.38 Å². The molecule has 9 heteroatoms. The zero-order chi connectivity index (χ0) is 24.0. The molecule has 0 unspecified atom stereocenters. The maximum absolute atomic E-state index is 14.5. The number of benzene rings is 2. The predicted molar refractivity (Wildman–Crippen MR) is 129 cm³/mol. The maximum atomic E-state index is 14.5. The zero-order valence-electron chi connectivity index (χ0n) is 19.3. The van der Waals surface area contributed by atoms with Crippen molar-refractivity contribution in [2.75, 3.05) is 38.4 Å². The Hall–Kier alpha value is -2.39. The number of rotatable bonds is 9. The highest BCUT2D eigenvalue weighted by molar-refractivity contribution is 6.30. The first-order chi connectivity index (χ1) is 15.7. The molecule has 0 bridgehead atoms. The molecule has 1 aliphatic rings. The van der Waals surface area contributed by atoms with Gasteiger partial charge in [-0.15, -0.1) is 0 Å². The smallest absolute Gasteiger partial charge is 0.201 e. The van der Waals surface area contributed by atoms with Crippen molar-refractivity contribution in [1.82, 2.24) is 9.80 Å². The van der Waals surface area contributed by atoms with E-state index in [1.54, 1.807) is 12.1 Å². The molecule has 7 nitrogen and oxygen atoms in total. The second kappa shape index (κ2) is 11.2. The van der Waals surface area contributed by atoms with Crippen molar-refractivity contribution in [1.29, 1.82) is 0 Å². The van der Waals surface area contributed by atoms with Crippen molar-refractivity contribution in [3.05, 3.63) is 58.9 Å². The van der Waals surface area contributed by atoms with Gasteiger partial charge in [-0.1, -0.05) is 30.7 Å². The summed E-state index contributed by atoms with van der Waals surface area (Å²) >= 11 is 6.03. The molecule has 0 aliphatic carbocycles. The normalized spacial score (nSPS) is 15.0. The highest BCUT2D eigenvalue weighted by Crippen LogP contribution is 2.24. The van der Waals surface area contributed by atoms with Gasteiger partial charge in [0.1, 0.15) is 0 Å². The van der Waals surface area contributed by atoms with E-state index in [0.717, 1.165) is 5.56 Å². The number of ether oxygens (including phenoxy) is 1. The monoisotopic (exact) mass is 478 g/mol. The van der Waals surface area contributed by atoms with E-state index in [4.69, 9.17) is 16.3 Å². The lowest BCUT2D eigenvalue weighted by atomic mass is 9.92. The summed E-state index contributed by atoms with van der Waals surface area (Å²) < 4.78 is 20.0. The Bertz CT molecular complexity index is 951. The van der Waals surface area contributed by atoms with Gasteiger partial charge in [0.2, 0.25) is 5.96 Å². The van der Waals surface area contributed by atoms with Crippen LogP contribution in [0, 0.1) is 11.2 Å². The van der Waals surface area contributed by atoms with Crippen molar-refractivity contribution in [3.8, 4) is 5.75 Å². The molecule has 33 heavy (non-hydrogen) atoms. The van der Waals surface area contributed by atoms with E-state index in [1.165, 1.54) is 6.07 Å². The average molecular weight is 479 g/mol. The van der Waals surface area contributed by atoms with Crippen molar-refractivity contribution < 1.29 is 19.3 Å². The number of aliphatic hydroxyl groups is 2. The molecule has 1 aliphatic heterocycles. The van der Waals surface area contributed by atoms with Crippen molar-refractivity contribution >= 4 is 23.2 Å². The van der Waals surface area contributed by atoms with Crippen LogP contribution >= 0.6 is 11.6 Å². The summed E-state index contributed by atoms with van der Waals surface area (Å²) in [5.41, 5.74) is 0.962. The van der Waals surface area contributed by atoms with Crippen molar-refractivity contribution in [3.63, 3.8) is 0 Å². The fraction of sp³-hybridized carbons (Fsp3) is 0.458. The van der Waals surface area contributed by atoms with Gasteiger partial charge in [0, 0.05) is 35.3 Å². The summed E-state index contributed by atoms with van der Waals surface area (Å²) in [7, 11) is 0. The highest BCUT2D eigenvalue weighted by atomic mass is 35.5. The molecule has 3 N–H and O–H groups in total. The van der Waals surface area contributed by atoms with E-state index < -0.39 is 11.2 Å². The van der Waals surface area contributed by atoms with E-state index in [-0.39, 0.29) is 25.1 Å². The molecule has 0 saturated heterocycles. The van der Waals surface area contributed by atoms with Gasteiger partial charge < -0.3 is 25.2 Å². The van der Waals surface area contributed by atoms with Crippen LogP contribution in [-0.2, 0) is 6.54 Å². The molecule has 0 radical (unpaired) electrons. The third-order valence-corrected chi connectivity index (χ3v) is 5.55. The summed E-state index contributed by atoms with van der Waals surface area (Å²) in [4.78, 5) is 8.74. The summed E-state index contributed by atoms with van der Waals surface area (Å²) in [6.45, 7) is 7.19. The number of guanidine groups is 1. The first kappa shape index (κ1) is 25.2. The molecule has 0 aromatic heterocycles. The van der Waals surface area contributed by atoms with Gasteiger partial charge in [-0.3, -0.25) is 4.90 Å². The van der Waals surface area contributed by atoms with Crippen molar-refractivity contribution in [2.24, 2.45) is 10.4 Å². The number of nitrogens with zero attached hydrogens (tertiary/aromatic N) is 3. The van der Waals surface area contributed by atoms with Crippen LogP contribution in [0.15, 0.2) is 47.5 Å². The molecule has 0 atom stereocenters. The minimum Gasteiger partial charge on any atom is -0.488 e. The van der Waals surface area contributed by atoms with Crippen LogP contribution < -0.4 is 10.1 Å². The van der Waals surface area contributed by atoms with Crippen LogP contribution in [0.25, 0.3) is 0 Å². The molecule has 2 aromatic carbocycles. The number of aliphatic imine (C=N–C) groups is 1. The third kappa shape index (κ3) is 7.04. The maximum Gasteiger partial charge on any atom is 0.201 e. The molecular formula is C24H32ClFN4O3. The molecular weight excluding hydrogens is 447 g/mol. The van der Waals surface area contributed by atoms with Gasteiger partial charge in [0.15, 0.2) is 11.6 Å². The lowest BCUT2D eigenvalue weighted by molar-refractivity contribution is 0.0213. The van der Waals surface area contributed by atoms with Gasteiger partial charge in [0.25, 0.3) is 0 Å². The first-order valence-electron chi connectivity index (χ1n) is 10.9. The molecule has 0 spiro atoms. The fourth-order valence-corrected chi connectivity index (χ4v) is 3.65. The summed E-state index contributed by atoms with van der Waals surface area (Å²) in [6, 6.07) is 12.3. The molecule has 180 valence electrons. The molecule has 0 saturated carbocycles. The molecule has 0 amide bonds. The van der Waals surface area contributed by atoms with Crippen LogP contribution in [0.4, 0.5) is 10.1 Å². The van der Waals surface area contributed by atoms with Crippen LogP contribution in [0.1, 0.15) is 26.3 Å². The molecule has 1 heterocycles. The van der Waals surface area contributed by atoms with Gasteiger partial charge in [-0.05, 0) is 43.7 Å². The minimum absolute atomic E-state index is 0.120. The SMILES string of the molecule is CC(C)Oc1ccc(NC2=NCN(CC(C)(CO)CO)CN2Cc2ccc(Cl)cc2)cc1F. The largest absolute Gasteiger partial charge is 0.488 e. The van der Waals surface area contributed by atoms with E-state index >= 15 is 0 Å². The summed E-state index contributed by atoms with van der Waals surface area (Å²) in [5.74, 6) is 0.364. The number of halogens is 2. The second-order valence-electron chi connectivity index (χ2n) is 8.98. The van der Waals surface area contributed by atoms with Gasteiger partial charge in [-0.2, -0.15) is 0 Å². The Morgan fingerprint density at radius 3 is 2.48 bits per heavy atom. The fourth-order valence-electron chi connectivity index (χ4n) is 3.52. The molecule has 3 rings (SSSR count). The van der Waals surface area contributed by atoms with E-state index in [1.807, 2.05) is 54.8 Å². The van der Waals surface area contributed by atoms with Crippen molar-refractivity contribution in [2.45, 2.75) is 33.4 Å². The summed E-state index contributed by atoms with van der Waals surface area (Å²) in [6.07, 6.45) is -0.120. The lowest BCUT2D eigenvalue weighted by Crippen LogP contribution is -2.52. The number of aliphatic hydroxyl groups excluding tert-OH is 2. The van der Waals surface area contributed by atoms with Gasteiger partial charge in [0.05, 0.1) is 32.7 Å². The Morgan fingerprint density at radius 2 is 1.88 bits per heavy atom. The lowest BCUT2D eigenvalue weighted by Gasteiger charge is -2.39. The van der Waals surface area contributed by atoms with Crippen LogP contribution in [-0.4, -0.2) is 65.2 Å². The first-order valence-corrected chi connectivity index (χ1v) is 11.3. The second-order valence-corrected chi connectivity index (χ2v) is 9.42. The topological polar surface area (TPSA) is 80.6 Å². The number of nitrogens with one attached hydrogen (secondary N) is 1. The Balaban J connectivity index is 1.80.